The number of aliphatic hydroxyl groups excluding tert-OH is 1. The minimum Gasteiger partial charge on any atom is -0.387 e. The zero-order valence-corrected chi connectivity index (χ0v) is 19.2. The van der Waals surface area contributed by atoms with Crippen molar-refractivity contribution in [3.8, 4) is 0 Å². The van der Waals surface area contributed by atoms with Gasteiger partial charge in [0, 0.05) is 23.2 Å². The average Bonchev–Trinajstić information content (AvgIpc) is 2.98. The minimum atomic E-state index is -4.39. The fourth-order valence-electron chi connectivity index (χ4n) is 3.43. The summed E-state index contributed by atoms with van der Waals surface area (Å²) in [6, 6.07) is 8.08. The predicted octanol–water partition coefficient (Wildman–Crippen LogP) is 2.52. The van der Waals surface area contributed by atoms with Gasteiger partial charge in [0.25, 0.3) is 5.56 Å². The van der Waals surface area contributed by atoms with Crippen LogP contribution in [0.25, 0.3) is 0 Å². The van der Waals surface area contributed by atoms with E-state index >= 15 is 0 Å². The second-order valence-corrected chi connectivity index (χ2v) is 10.0. The lowest BCUT2D eigenvalue weighted by atomic mass is 9.96. The van der Waals surface area contributed by atoms with Gasteiger partial charge >= 0.3 is 7.82 Å². The minimum absolute atomic E-state index is 0.0886. The van der Waals surface area contributed by atoms with E-state index in [9.17, 15) is 19.6 Å². The predicted molar refractivity (Wildman–Crippen MR) is 116 cm³/mol. The molecular weight excluding hydrogens is 483 g/mol. The highest BCUT2D eigenvalue weighted by molar-refractivity contribution is 7.71. The van der Waals surface area contributed by atoms with Crippen LogP contribution in [0.3, 0.4) is 0 Å². The first-order valence-corrected chi connectivity index (χ1v) is 11.8. The molecule has 0 spiro atoms. The topological polar surface area (TPSA) is 132 Å². The van der Waals surface area contributed by atoms with Gasteiger partial charge < -0.3 is 14.9 Å². The van der Waals surface area contributed by atoms with Crippen LogP contribution in [0.4, 0.5) is 0 Å². The maximum absolute atomic E-state index is 13.0. The third-order valence-electron chi connectivity index (χ3n) is 5.23. The van der Waals surface area contributed by atoms with Crippen molar-refractivity contribution >= 4 is 31.6 Å². The van der Waals surface area contributed by atoms with Crippen molar-refractivity contribution in [1.29, 1.82) is 0 Å². The van der Waals surface area contributed by atoms with Crippen LogP contribution in [-0.4, -0.2) is 57.3 Å². The van der Waals surface area contributed by atoms with Crippen molar-refractivity contribution in [2.45, 2.75) is 36.9 Å². The fraction of sp³-hybridized carbons (Fsp3) is 0.474. The number of rotatable bonds is 5. The van der Waals surface area contributed by atoms with E-state index in [1.165, 1.54) is 13.1 Å². The lowest BCUT2D eigenvalue weighted by molar-refractivity contribution is -0.0980. The van der Waals surface area contributed by atoms with E-state index < -0.39 is 44.0 Å². The maximum Gasteiger partial charge on any atom is 0.474 e. The van der Waals surface area contributed by atoms with Gasteiger partial charge in [-0.25, -0.2) is 4.57 Å². The number of hydrogen-bond donors (Lipinski definition) is 3. The van der Waals surface area contributed by atoms with Gasteiger partial charge in [0.05, 0.1) is 22.5 Å². The molecule has 13 heteroatoms. The van der Waals surface area contributed by atoms with Crippen molar-refractivity contribution in [2.75, 3.05) is 19.8 Å². The van der Waals surface area contributed by atoms with E-state index in [2.05, 4.69) is 4.98 Å². The summed E-state index contributed by atoms with van der Waals surface area (Å²) in [7, 11) is -4.39. The molecule has 1 aromatic carbocycles. The molecule has 0 radical (unpaired) electrons. The van der Waals surface area contributed by atoms with E-state index in [4.69, 9.17) is 44.9 Å². The Labute approximate surface area is 196 Å². The van der Waals surface area contributed by atoms with Crippen LogP contribution in [0.1, 0.15) is 27.4 Å². The van der Waals surface area contributed by atoms with Gasteiger partial charge in [0.15, 0.2) is 11.0 Å². The number of aliphatic hydroxyl groups is 2. The molecule has 3 heterocycles. The third kappa shape index (κ3) is 4.77. The van der Waals surface area contributed by atoms with Crippen LogP contribution in [0.5, 0.6) is 0 Å². The summed E-state index contributed by atoms with van der Waals surface area (Å²) < 4.78 is 51.8. The van der Waals surface area contributed by atoms with Crippen LogP contribution in [0.15, 0.2) is 41.3 Å². The van der Waals surface area contributed by atoms with Crippen molar-refractivity contribution in [3.05, 3.63) is 62.2 Å². The summed E-state index contributed by atoms with van der Waals surface area (Å²) in [6.07, 6.45) is -3.81. The van der Waals surface area contributed by atoms with Crippen molar-refractivity contribution in [3.63, 3.8) is 0 Å². The molecule has 2 aromatic rings. The summed E-state index contributed by atoms with van der Waals surface area (Å²) in [5.74, 6) is -0.309. The molecule has 2 fully saturated rings. The highest BCUT2D eigenvalue weighted by Gasteiger charge is 2.54. The Morgan fingerprint density at radius 2 is 2.16 bits per heavy atom. The molecule has 0 bridgehead atoms. The van der Waals surface area contributed by atoms with Gasteiger partial charge in [-0.05, 0) is 36.8 Å². The Morgan fingerprint density at radius 1 is 1.44 bits per heavy atom. The second kappa shape index (κ2) is 9.09. The summed E-state index contributed by atoms with van der Waals surface area (Å²) in [5, 5.41) is 22.0. The van der Waals surface area contributed by atoms with Gasteiger partial charge in [-0.1, -0.05) is 23.7 Å². The molecule has 0 saturated carbocycles. The molecule has 1 aromatic heterocycles. The van der Waals surface area contributed by atoms with E-state index in [-0.39, 0.29) is 23.9 Å². The van der Waals surface area contributed by atoms with Crippen molar-refractivity contribution < 1.29 is 35.8 Å². The summed E-state index contributed by atoms with van der Waals surface area (Å²) in [4.78, 5) is 13.8. The lowest BCUT2D eigenvalue weighted by Crippen LogP contribution is -2.44. The summed E-state index contributed by atoms with van der Waals surface area (Å²) in [5.41, 5.74) is -1.76. The standard InChI is InChI=1S/C19H22ClN2O8PS/c1-19(25)16(24)14(30-17(19)22-6-5-15(23)21-18(22)32)10-29-31(26)27-8-12(9-28-31)11-3-2-4-13(20)7-11/h2-7,12,14,16-17,24-25H,8-10H2,1H3,(H,21,23,32)/t12?,14-,16+,17-,19?,31?/m1/s1/i10D2. The van der Waals surface area contributed by atoms with E-state index in [1.807, 2.05) is 0 Å². The van der Waals surface area contributed by atoms with Crippen LogP contribution >= 0.6 is 31.6 Å². The number of halogens is 1. The highest BCUT2D eigenvalue weighted by atomic mass is 35.5. The normalized spacial score (nSPS) is 36.5. The molecule has 0 aliphatic carbocycles. The number of H-pyrrole nitrogens is 1. The molecule has 10 nitrogen and oxygen atoms in total. The largest absolute Gasteiger partial charge is 0.474 e. The molecule has 1 unspecified atom stereocenters. The van der Waals surface area contributed by atoms with Gasteiger partial charge in [0.1, 0.15) is 17.8 Å². The first-order valence-electron chi connectivity index (χ1n) is 10.6. The number of hydrogen-bond acceptors (Lipinski definition) is 9. The van der Waals surface area contributed by atoms with Crippen LogP contribution in [-0.2, 0) is 22.9 Å². The third-order valence-corrected chi connectivity index (χ3v) is 7.04. The number of aromatic amines is 1. The molecule has 0 amide bonds. The molecule has 3 N–H and O–H groups in total. The number of nitrogens with one attached hydrogen (secondary N) is 1. The van der Waals surface area contributed by atoms with E-state index in [0.717, 1.165) is 16.2 Å². The fourth-order valence-corrected chi connectivity index (χ4v) is 5.02. The summed E-state index contributed by atoms with van der Waals surface area (Å²) in [6.45, 7) is -1.89. The zero-order chi connectivity index (χ0) is 24.9. The molecule has 2 saturated heterocycles. The Balaban J connectivity index is 1.50. The molecule has 2 aliphatic rings. The first kappa shape index (κ1) is 21.2. The number of phosphoric ester groups is 1. The van der Waals surface area contributed by atoms with E-state index in [1.54, 1.807) is 24.3 Å². The highest BCUT2D eigenvalue weighted by Crippen LogP contribution is 2.54. The first-order chi connectivity index (χ1) is 15.8. The number of phosphoric acid groups is 1. The molecule has 4 atom stereocenters. The molecule has 174 valence electrons. The molecule has 2 aliphatic heterocycles. The Morgan fingerprint density at radius 3 is 2.81 bits per heavy atom. The van der Waals surface area contributed by atoms with Crippen LogP contribution in [0, 0.1) is 4.77 Å². The summed E-state index contributed by atoms with van der Waals surface area (Å²) >= 11 is 11.1. The van der Waals surface area contributed by atoms with Crippen molar-refractivity contribution in [1.82, 2.24) is 9.55 Å². The van der Waals surface area contributed by atoms with Crippen molar-refractivity contribution in [2.24, 2.45) is 0 Å². The zero-order valence-electron chi connectivity index (χ0n) is 18.7. The van der Waals surface area contributed by atoms with Gasteiger partial charge in [-0.2, -0.15) is 0 Å². The molecule has 4 rings (SSSR count). The monoisotopic (exact) mass is 506 g/mol. The Hall–Kier alpha value is -1.40. The Bertz CT molecular complexity index is 1230. The quantitative estimate of drug-likeness (QED) is 0.413. The number of aromatic nitrogens is 2. The lowest BCUT2D eigenvalue weighted by Gasteiger charge is -2.29. The number of nitrogens with zero attached hydrogens (tertiary/aromatic N) is 1. The number of benzene rings is 1. The molecular formula is C19H22ClN2O8PS. The number of ether oxygens (including phenoxy) is 1. The second-order valence-electron chi connectivity index (χ2n) is 7.60. The van der Waals surface area contributed by atoms with Crippen LogP contribution < -0.4 is 5.56 Å². The smallest absolute Gasteiger partial charge is 0.387 e. The van der Waals surface area contributed by atoms with Gasteiger partial charge in [0.2, 0.25) is 0 Å². The average molecular weight is 507 g/mol. The van der Waals surface area contributed by atoms with Gasteiger partial charge in [-0.15, -0.1) is 0 Å². The maximum atomic E-state index is 13.0. The van der Waals surface area contributed by atoms with Crippen LogP contribution in [0.2, 0.25) is 5.02 Å². The molecule has 32 heavy (non-hydrogen) atoms. The van der Waals surface area contributed by atoms with E-state index in [0.29, 0.717) is 5.02 Å². The van der Waals surface area contributed by atoms with Gasteiger partial charge in [-0.3, -0.25) is 27.9 Å². The Kier molecular flexibility index (Phi) is 6.01. The SMILES string of the molecule is [2H]C([2H])(OP1(=O)OCC(c2cccc(Cl)c2)CO1)[C@H]1O[C@@H](n2ccc(=O)[nH]c2=S)C(C)(O)[C@H]1O.